The molecule has 0 aliphatic carbocycles. The van der Waals surface area contributed by atoms with E-state index in [4.69, 9.17) is 5.73 Å². The van der Waals surface area contributed by atoms with Crippen LogP contribution in [0.25, 0.3) is 0 Å². The Morgan fingerprint density at radius 3 is 2.32 bits per heavy atom. The average molecular weight is 363 g/mol. The molecule has 0 saturated carbocycles. The lowest BCUT2D eigenvalue weighted by molar-refractivity contribution is -0.385. The summed E-state index contributed by atoms with van der Waals surface area (Å²) in [5, 5.41) is 11.0. The number of benzene rings is 2. The van der Waals surface area contributed by atoms with E-state index in [9.17, 15) is 23.3 Å². The summed E-state index contributed by atoms with van der Waals surface area (Å²) in [5.41, 5.74) is 5.98. The van der Waals surface area contributed by atoms with Crippen LogP contribution in [0, 0.1) is 17.0 Å². The summed E-state index contributed by atoms with van der Waals surface area (Å²) in [6.07, 6.45) is 0. The summed E-state index contributed by atoms with van der Waals surface area (Å²) in [4.78, 5) is 21.3. The first-order valence-electron chi connectivity index (χ1n) is 7.23. The minimum Gasteiger partial charge on any atom is -0.366 e. The summed E-state index contributed by atoms with van der Waals surface area (Å²) in [6.45, 7) is 1.45. The number of nitro groups is 1. The molecule has 0 unspecified atom stereocenters. The lowest BCUT2D eigenvalue weighted by Gasteiger charge is -2.18. The number of sulfonamides is 1. The fourth-order valence-electron chi connectivity index (χ4n) is 2.36. The van der Waals surface area contributed by atoms with Crippen molar-refractivity contribution >= 4 is 21.6 Å². The zero-order chi connectivity index (χ0) is 18.8. The van der Waals surface area contributed by atoms with Crippen molar-refractivity contribution in [3.8, 4) is 0 Å². The summed E-state index contributed by atoms with van der Waals surface area (Å²) >= 11 is 0. The number of nitro benzene ring substituents is 1. The first kappa shape index (κ1) is 18.6. The number of amides is 1. The third-order valence-electron chi connectivity index (χ3n) is 3.78. The van der Waals surface area contributed by atoms with Crippen LogP contribution >= 0.6 is 0 Å². The minimum atomic E-state index is -3.91. The first-order chi connectivity index (χ1) is 11.6. The van der Waals surface area contributed by atoms with Crippen LogP contribution in [0.3, 0.4) is 0 Å². The summed E-state index contributed by atoms with van der Waals surface area (Å²) in [7, 11) is -2.53. The van der Waals surface area contributed by atoms with E-state index in [1.165, 1.54) is 44.3 Å². The number of rotatable bonds is 6. The van der Waals surface area contributed by atoms with Gasteiger partial charge in [-0.3, -0.25) is 14.9 Å². The van der Waals surface area contributed by atoms with Gasteiger partial charge in [0, 0.05) is 30.8 Å². The minimum absolute atomic E-state index is 0.0451. The molecule has 9 heteroatoms. The van der Waals surface area contributed by atoms with Crippen LogP contribution < -0.4 is 5.73 Å². The standard InChI is InChI=1S/C16H17N3O5S/c1-11-14(19(21)22)4-3-5-15(11)25(23,24)18(2)10-12-6-8-13(9-7-12)16(17)20/h3-9H,10H2,1-2H3,(H2,17,20). The van der Waals surface area contributed by atoms with Gasteiger partial charge < -0.3 is 5.73 Å². The highest BCUT2D eigenvalue weighted by Crippen LogP contribution is 2.27. The molecule has 2 rings (SSSR count). The molecule has 0 spiro atoms. The van der Waals surface area contributed by atoms with Gasteiger partial charge in [-0.15, -0.1) is 0 Å². The van der Waals surface area contributed by atoms with Crippen molar-refractivity contribution in [2.45, 2.75) is 18.4 Å². The predicted octanol–water partition coefficient (Wildman–Crippen LogP) is 1.82. The molecule has 0 aliphatic rings. The molecule has 0 fully saturated rings. The Morgan fingerprint density at radius 1 is 1.20 bits per heavy atom. The predicted molar refractivity (Wildman–Crippen MR) is 91.4 cm³/mol. The molecule has 0 aliphatic heterocycles. The fourth-order valence-corrected chi connectivity index (χ4v) is 3.76. The number of hydrogen-bond acceptors (Lipinski definition) is 5. The second kappa shape index (κ2) is 6.99. The Labute approximate surface area is 145 Å². The Bertz CT molecular complexity index is 923. The quantitative estimate of drug-likeness (QED) is 0.619. The van der Waals surface area contributed by atoms with Crippen molar-refractivity contribution in [3.05, 3.63) is 69.3 Å². The van der Waals surface area contributed by atoms with Crippen LogP contribution in [-0.2, 0) is 16.6 Å². The number of carbonyl (C=O) groups is 1. The second-order valence-electron chi connectivity index (χ2n) is 5.48. The van der Waals surface area contributed by atoms with Gasteiger partial charge in [0.2, 0.25) is 15.9 Å². The average Bonchev–Trinajstić information content (AvgIpc) is 2.54. The molecule has 0 heterocycles. The van der Waals surface area contributed by atoms with Gasteiger partial charge in [-0.25, -0.2) is 8.42 Å². The van der Waals surface area contributed by atoms with Crippen LogP contribution in [0.1, 0.15) is 21.5 Å². The molecule has 0 radical (unpaired) electrons. The first-order valence-corrected chi connectivity index (χ1v) is 8.67. The molecule has 2 N–H and O–H groups in total. The van der Waals surface area contributed by atoms with E-state index in [1.807, 2.05) is 0 Å². The van der Waals surface area contributed by atoms with E-state index < -0.39 is 20.9 Å². The van der Waals surface area contributed by atoms with Gasteiger partial charge in [-0.1, -0.05) is 18.2 Å². The normalized spacial score (nSPS) is 11.5. The van der Waals surface area contributed by atoms with E-state index in [0.29, 0.717) is 11.1 Å². The van der Waals surface area contributed by atoms with Crippen LogP contribution in [0.2, 0.25) is 0 Å². The van der Waals surface area contributed by atoms with Crippen LogP contribution in [0.4, 0.5) is 5.69 Å². The SMILES string of the molecule is Cc1c([N+](=O)[O-])cccc1S(=O)(=O)N(C)Cc1ccc(C(N)=O)cc1. The van der Waals surface area contributed by atoms with Gasteiger partial charge in [0.05, 0.1) is 9.82 Å². The molecule has 0 aromatic heterocycles. The van der Waals surface area contributed by atoms with Crippen molar-refractivity contribution in [1.82, 2.24) is 4.31 Å². The molecule has 0 bridgehead atoms. The van der Waals surface area contributed by atoms with Gasteiger partial charge in [-0.2, -0.15) is 4.31 Å². The van der Waals surface area contributed by atoms with Crippen molar-refractivity contribution < 1.29 is 18.1 Å². The third kappa shape index (κ3) is 3.83. The largest absolute Gasteiger partial charge is 0.366 e. The van der Waals surface area contributed by atoms with Crippen molar-refractivity contribution in [3.63, 3.8) is 0 Å². The molecule has 8 nitrogen and oxygen atoms in total. The molecule has 2 aromatic carbocycles. The molecule has 25 heavy (non-hydrogen) atoms. The lowest BCUT2D eigenvalue weighted by atomic mass is 10.1. The van der Waals surface area contributed by atoms with Crippen molar-refractivity contribution in [2.24, 2.45) is 5.73 Å². The molecule has 1 amide bonds. The number of nitrogens with zero attached hydrogens (tertiary/aromatic N) is 2. The summed E-state index contributed by atoms with van der Waals surface area (Å²) in [6, 6.07) is 10.2. The summed E-state index contributed by atoms with van der Waals surface area (Å²) in [5.74, 6) is -0.570. The second-order valence-corrected chi connectivity index (χ2v) is 7.49. The zero-order valence-corrected chi connectivity index (χ0v) is 14.5. The molecule has 132 valence electrons. The monoisotopic (exact) mass is 363 g/mol. The third-order valence-corrected chi connectivity index (χ3v) is 5.73. The van der Waals surface area contributed by atoms with Crippen LogP contribution in [0.15, 0.2) is 47.4 Å². The smallest absolute Gasteiger partial charge is 0.273 e. The number of carbonyl (C=O) groups excluding carboxylic acids is 1. The number of nitrogens with two attached hydrogens (primary N) is 1. The van der Waals surface area contributed by atoms with E-state index >= 15 is 0 Å². The highest BCUT2D eigenvalue weighted by Gasteiger charge is 2.26. The topological polar surface area (TPSA) is 124 Å². The van der Waals surface area contributed by atoms with Crippen LogP contribution in [-0.4, -0.2) is 30.6 Å². The maximum absolute atomic E-state index is 12.7. The Kier molecular flexibility index (Phi) is 5.19. The van der Waals surface area contributed by atoms with E-state index in [-0.39, 0.29) is 22.7 Å². The molecule has 2 aromatic rings. The van der Waals surface area contributed by atoms with Gasteiger partial charge >= 0.3 is 0 Å². The molecule has 0 saturated heterocycles. The number of hydrogen-bond donors (Lipinski definition) is 1. The van der Waals surface area contributed by atoms with Crippen LogP contribution in [0.5, 0.6) is 0 Å². The molecular formula is C16H17N3O5S. The van der Waals surface area contributed by atoms with Gasteiger partial charge in [-0.05, 0) is 30.7 Å². The summed E-state index contributed by atoms with van der Waals surface area (Å²) < 4.78 is 26.6. The fraction of sp³-hybridized carbons (Fsp3) is 0.188. The molecule has 0 atom stereocenters. The van der Waals surface area contributed by atoms with Gasteiger partial charge in [0.15, 0.2) is 0 Å². The Hall–Kier alpha value is -2.78. The van der Waals surface area contributed by atoms with E-state index in [1.54, 1.807) is 12.1 Å². The van der Waals surface area contributed by atoms with E-state index in [0.717, 1.165) is 4.31 Å². The van der Waals surface area contributed by atoms with Gasteiger partial charge in [0.25, 0.3) is 5.69 Å². The van der Waals surface area contributed by atoms with Crippen molar-refractivity contribution in [1.29, 1.82) is 0 Å². The lowest BCUT2D eigenvalue weighted by Crippen LogP contribution is -2.27. The highest BCUT2D eigenvalue weighted by molar-refractivity contribution is 7.89. The highest BCUT2D eigenvalue weighted by atomic mass is 32.2. The zero-order valence-electron chi connectivity index (χ0n) is 13.7. The molecular weight excluding hydrogens is 346 g/mol. The maximum atomic E-state index is 12.7. The van der Waals surface area contributed by atoms with Gasteiger partial charge in [0.1, 0.15) is 0 Å². The van der Waals surface area contributed by atoms with E-state index in [2.05, 4.69) is 0 Å². The maximum Gasteiger partial charge on any atom is 0.273 e. The van der Waals surface area contributed by atoms with Crippen molar-refractivity contribution in [2.75, 3.05) is 7.05 Å². The Balaban J connectivity index is 2.32. The Morgan fingerprint density at radius 2 is 1.80 bits per heavy atom. The number of primary amides is 1.